The van der Waals surface area contributed by atoms with Crippen molar-refractivity contribution in [2.24, 2.45) is 11.5 Å². The smallest absolute Gasteiger partial charge is 0.324 e. The number of benzene rings is 1. The average Bonchev–Trinajstić information content (AvgIpc) is 3.23. The Morgan fingerprint density at radius 2 is 2.03 bits per heavy atom. The van der Waals surface area contributed by atoms with Gasteiger partial charge in [0.1, 0.15) is 17.4 Å². The number of alkyl halides is 2. The van der Waals surface area contributed by atoms with E-state index in [1.165, 1.54) is 11.8 Å². The number of fused-ring (bicyclic) bond motifs is 1. The summed E-state index contributed by atoms with van der Waals surface area (Å²) in [5, 5.41) is 0.979. The van der Waals surface area contributed by atoms with Gasteiger partial charge in [0, 0.05) is 47.6 Å². The largest absolute Gasteiger partial charge is 0.464 e. The van der Waals surface area contributed by atoms with E-state index < -0.39 is 17.9 Å². The Morgan fingerprint density at radius 1 is 1.22 bits per heavy atom. The molecule has 0 aliphatic heterocycles. The van der Waals surface area contributed by atoms with Crippen LogP contribution in [0.2, 0.25) is 0 Å². The first-order valence-corrected chi connectivity index (χ1v) is 11.4. The van der Waals surface area contributed by atoms with E-state index in [1.54, 1.807) is 12.4 Å². The molecule has 4 N–H and O–H groups in total. The van der Waals surface area contributed by atoms with Crippen LogP contribution in [0.25, 0.3) is 22.3 Å². The molecule has 32 heavy (non-hydrogen) atoms. The lowest BCUT2D eigenvalue weighted by Gasteiger charge is -2.16. The van der Waals surface area contributed by atoms with E-state index in [0.717, 1.165) is 27.2 Å². The van der Waals surface area contributed by atoms with Crippen molar-refractivity contribution in [3.63, 3.8) is 0 Å². The third-order valence-corrected chi connectivity index (χ3v) is 5.96. The van der Waals surface area contributed by atoms with Gasteiger partial charge >= 0.3 is 5.97 Å². The molecule has 3 rings (SSSR count). The Hall–Kier alpha value is -2.49. The van der Waals surface area contributed by atoms with E-state index in [-0.39, 0.29) is 32.4 Å². The molecule has 0 bridgehead atoms. The summed E-state index contributed by atoms with van der Waals surface area (Å²) in [5.74, 6) is -2.15. The summed E-state index contributed by atoms with van der Waals surface area (Å²) in [7, 11) is 0. The number of carbonyl (C=O) groups is 1. The fourth-order valence-electron chi connectivity index (χ4n) is 3.10. The number of furan rings is 1. The molecule has 172 valence electrons. The number of aromatic nitrogens is 1. The number of rotatable bonds is 12. The lowest BCUT2D eigenvalue weighted by Crippen LogP contribution is -2.39. The number of esters is 1. The lowest BCUT2D eigenvalue weighted by molar-refractivity contribution is -0.145. The second kappa shape index (κ2) is 11.4. The van der Waals surface area contributed by atoms with Crippen LogP contribution in [0.1, 0.15) is 25.7 Å². The summed E-state index contributed by atoms with van der Waals surface area (Å²) in [4.78, 5) is 16.4. The van der Waals surface area contributed by atoms with Crippen molar-refractivity contribution < 1.29 is 22.7 Å². The lowest BCUT2D eigenvalue weighted by atomic mass is 10.1. The predicted octanol–water partition coefficient (Wildman–Crippen LogP) is 4.61. The van der Waals surface area contributed by atoms with Gasteiger partial charge in [0.05, 0.1) is 6.61 Å². The van der Waals surface area contributed by atoms with Gasteiger partial charge in [-0.2, -0.15) is 0 Å². The van der Waals surface area contributed by atoms with Gasteiger partial charge in [-0.15, -0.1) is 11.8 Å². The van der Waals surface area contributed by atoms with Gasteiger partial charge < -0.3 is 20.6 Å². The monoisotopic (exact) mass is 463 g/mol. The molecule has 9 heteroatoms. The summed E-state index contributed by atoms with van der Waals surface area (Å²) in [5.41, 5.74) is 12.3. The highest BCUT2D eigenvalue weighted by Crippen LogP contribution is 2.32. The van der Waals surface area contributed by atoms with Crippen LogP contribution in [0.4, 0.5) is 8.78 Å². The molecule has 0 saturated carbocycles. The van der Waals surface area contributed by atoms with Crippen LogP contribution in [0.3, 0.4) is 0 Å². The second-order valence-corrected chi connectivity index (χ2v) is 8.64. The summed E-state index contributed by atoms with van der Waals surface area (Å²) in [6, 6.07) is 10.7. The fourth-order valence-corrected chi connectivity index (χ4v) is 3.98. The highest BCUT2D eigenvalue weighted by molar-refractivity contribution is 7.99. The van der Waals surface area contributed by atoms with Crippen molar-refractivity contribution in [3.8, 4) is 11.3 Å². The Balaban J connectivity index is 1.41. The Kier molecular flexibility index (Phi) is 8.60. The molecule has 0 aliphatic carbocycles. The summed E-state index contributed by atoms with van der Waals surface area (Å²) in [6.45, 7) is -0.119. The van der Waals surface area contributed by atoms with Gasteiger partial charge in [0.2, 0.25) is 5.92 Å². The maximum Gasteiger partial charge on any atom is 0.324 e. The minimum atomic E-state index is -2.80. The third kappa shape index (κ3) is 7.01. The van der Waals surface area contributed by atoms with Crippen LogP contribution in [0.5, 0.6) is 0 Å². The fraction of sp³-hybridized carbons (Fsp3) is 0.391. The van der Waals surface area contributed by atoms with Gasteiger partial charge in [0.25, 0.3) is 0 Å². The van der Waals surface area contributed by atoms with Crippen molar-refractivity contribution >= 4 is 28.7 Å². The van der Waals surface area contributed by atoms with Crippen LogP contribution in [0.15, 0.2) is 58.1 Å². The predicted molar refractivity (Wildman–Crippen MR) is 122 cm³/mol. The maximum absolute atomic E-state index is 14.1. The van der Waals surface area contributed by atoms with E-state index in [4.69, 9.17) is 20.6 Å². The van der Waals surface area contributed by atoms with Crippen molar-refractivity contribution in [2.45, 2.75) is 42.5 Å². The van der Waals surface area contributed by atoms with Crippen molar-refractivity contribution in [3.05, 3.63) is 48.8 Å². The van der Waals surface area contributed by atoms with Crippen molar-refractivity contribution in [2.75, 3.05) is 18.9 Å². The van der Waals surface area contributed by atoms with Crippen LogP contribution < -0.4 is 11.5 Å². The normalized spacial score (nSPS) is 12.8. The molecule has 0 fully saturated rings. The van der Waals surface area contributed by atoms with Crippen molar-refractivity contribution in [1.29, 1.82) is 0 Å². The molecule has 1 atom stereocenters. The van der Waals surface area contributed by atoms with E-state index >= 15 is 0 Å². The molecule has 1 unspecified atom stereocenters. The number of thioether (sulfide) groups is 1. The highest BCUT2D eigenvalue weighted by atomic mass is 32.2. The van der Waals surface area contributed by atoms with Crippen molar-refractivity contribution in [1.82, 2.24) is 4.98 Å². The first-order chi connectivity index (χ1) is 15.4. The molecule has 2 heterocycles. The molecular formula is C23H27F2N3O3S. The summed E-state index contributed by atoms with van der Waals surface area (Å²) >= 11 is 1.52. The maximum atomic E-state index is 14.1. The zero-order valence-electron chi connectivity index (χ0n) is 17.6. The molecule has 0 aliphatic rings. The molecule has 0 amide bonds. The molecule has 0 radical (unpaired) electrons. The SMILES string of the molecule is NCC(N)C(=O)OCCCC(F)(F)CCCSc1ccc2cc(-c3cccnc3)oc2c1. The molecule has 0 spiro atoms. The number of pyridine rings is 1. The summed E-state index contributed by atoms with van der Waals surface area (Å²) in [6.07, 6.45) is 3.35. The molecule has 2 aromatic heterocycles. The van der Waals surface area contributed by atoms with Gasteiger partial charge in [-0.05, 0) is 55.0 Å². The molecule has 6 nitrogen and oxygen atoms in total. The molecular weight excluding hydrogens is 436 g/mol. The zero-order chi connectivity index (χ0) is 23.0. The summed E-state index contributed by atoms with van der Waals surface area (Å²) < 4.78 is 38.9. The number of hydrogen-bond donors (Lipinski definition) is 2. The Bertz CT molecular complexity index is 1010. The number of nitrogens with two attached hydrogens (primary N) is 2. The number of halogens is 2. The first-order valence-electron chi connectivity index (χ1n) is 10.4. The number of nitrogens with zero attached hydrogens (tertiary/aromatic N) is 1. The minimum absolute atomic E-state index is 0.0365. The topological polar surface area (TPSA) is 104 Å². The number of hydrogen-bond acceptors (Lipinski definition) is 7. The molecule has 3 aromatic rings. The van der Waals surface area contributed by atoms with Gasteiger partial charge in [-0.1, -0.05) is 0 Å². The average molecular weight is 464 g/mol. The van der Waals surface area contributed by atoms with Crippen LogP contribution in [0, 0.1) is 0 Å². The van der Waals surface area contributed by atoms with Gasteiger partial charge in [0.15, 0.2) is 0 Å². The first kappa shape index (κ1) is 24.2. The minimum Gasteiger partial charge on any atom is -0.464 e. The highest BCUT2D eigenvalue weighted by Gasteiger charge is 2.27. The molecule has 1 aromatic carbocycles. The number of carbonyl (C=O) groups excluding carboxylic acids is 1. The third-order valence-electron chi connectivity index (χ3n) is 4.88. The van der Waals surface area contributed by atoms with Gasteiger partial charge in [-0.25, -0.2) is 8.78 Å². The number of ether oxygens (including phenoxy) is 1. The standard InChI is InChI=1S/C23H27F2N3O3S/c24-23(25,7-2-10-30-22(29)19(27)14-26)8-3-11-32-18-6-5-16-12-20(31-21(16)13-18)17-4-1-9-28-15-17/h1,4-6,9,12-13,15,19H,2-3,7-8,10-11,14,26-27H2. The quantitative estimate of drug-likeness (QED) is 0.230. The Morgan fingerprint density at radius 3 is 2.78 bits per heavy atom. The van der Waals surface area contributed by atoms with E-state index in [9.17, 15) is 13.6 Å². The van der Waals surface area contributed by atoms with E-state index in [0.29, 0.717) is 12.2 Å². The van der Waals surface area contributed by atoms with Crippen LogP contribution in [-0.4, -0.2) is 41.8 Å². The second-order valence-electron chi connectivity index (χ2n) is 7.47. The Labute approximate surface area is 189 Å². The van der Waals surface area contributed by atoms with E-state index in [1.807, 2.05) is 36.4 Å². The molecule has 0 saturated heterocycles. The van der Waals surface area contributed by atoms with E-state index in [2.05, 4.69) is 4.98 Å². The van der Waals surface area contributed by atoms with Crippen LogP contribution >= 0.6 is 11.8 Å². The van der Waals surface area contributed by atoms with Crippen LogP contribution in [-0.2, 0) is 9.53 Å². The van der Waals surface area contributed by atoms with Gasteiger partial charge in [-0.3, -0.25) is 9.78 Å². The zero-order valence-corrected chi connectivity index (χ0v) is 18.5.